The number of aryl methyl sites for hydroxylation is 1. The van der Waals surface area contributed by atoms with E-state index < -0.39 is 0 Å². The van der Waals surface area contributed by atoms with E-state index >= 15 is 0 Å². The van der Waals surface area contributed by atoms with Gasteiger partial charge < -0.3 is 5.32 Å². The molecule has 104 valence electrons. The van der Waals surface area contributed by atoms with Gasteiger partial charge in [-0.05, 0) is 37.3 Å². The zero-order valence-corrected chi connectivity index (χ0v) is 12.7. The molecule has 0 unspecified atom stereocenters. The summed E-state index contributed by atoms with van der Waals surface area (Å²) in [6.07, 6.45) is 0. The number of aromatic nitrogens is 2. The minimum absolute atomic E-state index is 0.289. The lowest BCUT2D eigenvalue weighted by Crippen LogP contribution is -1.89. The molecule has 0 aliphatic rings. The molecule has 2 aromatic carbocycles. The quantitative estimate of drug-likeness (QED) is 0.559. The van der Waals surface area contributed by atoms with E-state index in [9.17, 15) is 4.39 Å². The minimum atomic E-state index is -0.289. The fourth-order valence-electron chi connectivity index (χ4n) is 2.21. The van der Waals surface area contributed by atoms with Gasteiger partial charge in [0.05, 0.1) is 19.9 Å². The third kappa shape index (κ3) is 2.26. The number of thiazole rings is 2. The molecule has 0 radical (unpaired) electrons. The molecule has 0 saturated carbocycles. The molecule has 0 bridgehead atoms. The largest absolute Gasteiger partial charge is 0.331 e. The summed E-state index contributed by atoms with van der Waals surface area (Å²) in [6, 6.07) is 11.0. The second-order valence-electron chi connectivity index (χ2n) is 4.65. The van der Waals surface area contributed by atoms with Crippen molar-refractivity contribution in [3.05, 3.63) is 47.2 Å². The van der Waals surface area contributed by atoms with Gasteiger partial charge in [-0.3, -0.25) is 0 Å². The summed E-state index contributed by atoms with van der Waals surface area (Å²) in [5, 5.41) is 4.95. The number of fused-ring (bicyclic) bond motifs is 2. The fourth-order valence-corrected chi connectivity index (χ4v) is 3.92. The molecule has 21 heavy (non-hydrogen) atoms. The van der Waals surface area contributed by atoms with Crippen LogP contribution < -0.4 is 5.32 Å². The van der Waals surface area contributed by atoms with Crippen molar-refractivity contribution in [2.45, 2.75) is 6.92 Å². The maximum atomic E-state index is 13.7. The number of anilines is 2. The van der Waals surface area contributed by atoms with Gasteiger partial charge in [0.25, 0.3) is 0 Å². The molecule has 3 nitrogen and oxygen atoms in total. The van der Waals surface area contributed by atoms with Crippen LogP contribution in [0.25, 0.3) is 20.4 Å². The van der Waals surface area contributed by atoms with Gasteiger partial charge in [-0.2, -0.15) is 0 Å². The van der Waals surface area contributed by atoms with E-state index in [1.165, 1.54) is 17.4 Å². The second kappa shape index (κ2) is 4.75. The Morgan fingerprint density at radius 2 is 1.95 bits per heavy atom. The SMILES string of the molecule is Cc1nc2cc(Nc3nc4c(F)cccc4s3)ccc2s1. The first-order valence-electron chi connectivity index (χ1n) is 6.38. The lowest BCUT2D eigenvalue weighted by molar-refractivity contribution is 0.637. The molecular weight excluding hydrogens is 305 g/mol. The van der Waals surface area contributed by atoms with Crippen molar-refractivity contribution in [2.75, 3.05) is 5.32 Å². The number of rotatable bonds is 2. The molecule has 0 spiro atoms. The number of halogens is 1. The standard InChI is InChI=1S/C15H10FN3S2/c1-8-17-11-7-9(5-6-12(11)20-8)18-15-19-14-10(16)3-2-4-13(14)21-15/h2-7H,1H3,(H,18,19). The molecule has 0 fully saturated rings. The molecule has 4 rings (SSSR count). The first-order valence-corrected chi connectivity index (χ1v) is 8.01. The van der Waals surface area contributed by atoms with E-state index in [1.54, 1.807) is 17.4 Å². The molecule has 2 aromatic heterocycles. The maximum absolute atomic E-state index is 13.7. The molecule has 0 aliphatic carbocycles. The third-order valence-electron chi connectivity index (χ3n) is 3.12. The molecule has 0 amide bonds. The van der Waals surface area contributed by atoms with Crippen LogP contribution in [0, 0.1) is 12.7 Å². The van der Waals surface area contributed by atoms with Gasteiger partial charge in [-0.15, -0.1) is 11.3 Å². The Bertz CT molecular complexity index is 958. The van der Waals surface area contributed by atoms with Crippen LogP contribution >= 0.6 is 22.7 Å². The Labute approximate surface area is 128 Å². The Kier molecular flexibility index (Phi) is 2.87. The van der Waals surface area contributed by atoms with Crippen LogP contribution in [0.3, 0.4) is 0 Å². The van der Waals surface area contributed by atoms with Crippen LogP contribution in [0.1, 0.15) is 5.01 Å². The van der Waals surface area contributed by atoms with Crippen molar-refractivity contribution >= 4 is 53.9 Å². The Hall–Kier alpha value is -2.05. The number of para-hydroxylation sites is 1. The molecule has 6 heteroatoms. The Balaban J connectivity index is 1.73. The highest BCUT2D eigenvalue weighted by Crippen LogP contribution is 2.31. The zero-order valence-electron chi connectivity index (χ0n) is 11.1. The number of hydrogen-bond acceptors (Lipinski definition) is 5. The smallest absolute Gasteiger partial charge is 0.188 e. The highest BCUT2D eigenvalue weighted by atomic mass is 32.1. The first-order chi connectivity index (χ1) is 10.2. The summed E-state index contributed by atoms with van der Waals surface area (Å²) in [4.78, 5) is 8.78. The Morgan fingerprint density at radius 1 is 1.05 bits per heavy atom. The number of nitrogens with zero attached hydrogens (tertiary/aromatic N) is 2. The van der Waals surface area contributed by atoms with Gasteiger partial charge in [0.1, 0.15) is 11.3 Å². The number of hydrogen-bond donors (Lipinski definition) is 1. The van der Waals surface area contributed by atoms with Gasteiger partial charge in [0, 0.05) is 5.69 Å². The van der Waals surface area contributed by atoms with Crippen molar-refractivity contribution < 1.29 is 4.39 Å². The molecule has 4 aromatic rings. The molecule has 1 N–H and O–H groups in total. The van der Waals surface area contributed by atoms with Crippen molar-refractivity contribution in [3.63, 3.8) is 0 Å². The fraction of sp³-hybridized carbons (Fsp3) is 0.0667. The van der Waals surface area contributed by atoms with E-state index in [1.807, 2.05) is 31.2 Å². The van der Waals surface area contributed by atoms with Gasteiger partial charge in [-0.1, -0.05) is 17.4 Å². The molecular formula is C15H10FN3S2. The van der Waals surface area contributed by atoms with Crippen LogP contribution in [0.2, 0.25) is 0 Å². The van der Waals surface area contributed by atoms with E-state index in [2.05, 4.69) is 15.3 Å². The molecule has 0 atom stereocenters. The predicted octanol–water partition coefficient (Wildman–Crippen LogP) is 5.10. The Morgan fingerprint density at radius 3 is 2.81 bits per heavy atom. The summed E-state index contributed by atoms with van der Waals surface area (Å²) >= 11 is 3.11. The maximum Gasteiger partial charge on any atom is 0.188 e. The minimum Gasteiger partial charge on any atom is -0.331 e. The average Bonchev–Trinajstić information content (AvgIpc) is 3.01. The third-order valence-corrected chi connectivity index (χ3v) is 5.00. The molecule has 0 saturated heterocycles. The van der Waals surface area contributed by atoms with E-state index in [0.29, 0.717) is 10.6 Å². The summed E-state index contributed by atoms with van der Waals surface area (Å²) in [5.41, 5.74) is 2.29. The predicted molar refractivity (Wildman–Crippen MR) is 87.2 cm³/mol. The number of benzene rings is 2. The van der Waals surface area contributed by atoms with Gasteiger partial charge in [0.2, 0.25) is 0 Å². The van der Waals surface area contributed by atoms with Crippen molar-refractivity contribution in [2.24, 2.45) is 0 Å². The lowest BCUT2D eigenvalue weighted by Gasteiger charge is -2.01. The van der Waals surface area contributed by atoms with E-state index in [0.717, 1.165) is 25.6 Å². The van der Waals surface area contributed by atoms with Crippen molar-refractivity contribution in [3.8, 4) is 0 Å². The lowest BCUT2D eigenvalue weighted by atomic mass is 10.3. The monoisotopic (exact) mass is 315 g/mol. The van der Waals surface area contributed by atoms with Gasteiger partial charge in [0.15, 0.2) is 5.13 Å². The summed E-state index contributed by atoms with van der Waals surface area (Å²) in [5.74, 6) is -0.289. The molecule has 2 heterocycles. The second-order valence-corrected chi connectivity index (χ2v) is 6.91. The van der Waals surface area contributed by atoms with Gasteiger partial charge >= 0.3 is 0 Å². The summed E-state index contributed by atoms with van der Waals surface area (Å²) < 4.78 is 15.7. The number of nitrogens with one attached hydrogen (secondary N) is 1. The van der Waals surface area contributed by atoms with Crippen LogP contribution in [0.4, 0.5) is 15.2 Å². The van der Waals surface area contributed by atoms with E-state index in [4.69, 9.17) is 0 Å². The highest BCUT2D eigenvalue weighted by Gasteiger charge is 2.08. The van der Waals surface area contributed by atoms with Crippen molar-refractivity contribution in [1.29, 1.82) is 0 Å². The van der Waals surface area contributed by atoms with Crippen LogP contribution in [0.15, 0.2) is 36.4 Å². The first kappa shape index (κ1) is 12.7. The summed E-state index contributed by atoms with van der Waals surface area (Å²) in [7, 11) is 0. The van der Waals surface area contributed by atoms with Gasteiger partial charge in [-0.25, -0.2) is 14.4 Å². The topological polar surface area (TPSA) is 37.8 Å². The highest BCUT2D eigenvalue weighted by molar-refractivity contribution is 7.22. The van der Waals surface area contributed by atoms with Crippen LogP contribution in [-0.4, -0.2) is 9.97 Å². The van der Waals surface area contributed by atoms with Crippen LogP contribution in [0.5, 0.6) is 0 Å². The zero-order chi connectivity index (χ0) is 14.4. The van der Waals surface area contributed by atoms with E-state index in [-0.39, 0.29) is 5.82 Å². The molecule has 0 aliphatic heterocycles. The average molecular weight is 315 g/mol. The summed E-state index contributed by atoms with van der Waals surface area (Å²) in [6.45, 7) is 1.99. The van der Waals surface area contributed by atoms with Crippen LogP contribution in [-0.2, 0) is 0 Å². The van der Waals surface area contributed by atoms with Crippen molar-refractivity contribution in [1.82, 2.24) is 9.97 Å². The normalized spacial score (nSPS) is 11.3.